The quantitative estimate of drug-likeness (QED) is 0.688. The lowest BCUT2D eigenvalue weighted by molar-refractivity contribution is -0.142. The summed E-state index contributed by atoms with van der Waals surface area (Å²) in [6, 6.07) is 9.22. The number of aromatic nitrogens is 1. The summed E-state index contributed by atoms with van der Waals surface area (Å²) in [5.41, 5.74) is 1.25. The van der Waals surface area contributed by atoms with Gasteiger partial charge in [-0.25, -0.2) is 0 Å². The van der Waals surface area contributed by atoms with Crippen molar-refractivity contribution < 1.29 is 14.4 Å². The normalized spacial score (nSPS) is 22.3. The number of imide groups is 1. The van der Waals surface area contributed by atoms with Crippen LogP contribution in [0.3, 0.4) is 0 Å². The maximum atomic E-state index is 12.4. The van der Waals surface area contributed by atoms with Gasteiger partial charge in [-0.15, -0.1) is 0 Å². The first-order valence-corrected chi connectivity index (χ1v) is 8.29. The predicted octanol–water partition coefficient (Wildman–Crippen LogP) is 2.12. The van der Waals surface area contributed by atoms with Crippen molar-refractivity contribution in [3.8, 4) is 0 Å². The van der Waals surface area contributed by atoms with Crippen molar-refractivity contribution in [2.24, 2.45) is 11.8 Å². The summed E-state index contributed by atoms with van der Waals surface area (Å²) in [7, 11) is 0. The van der Waals surface area contributed by atoms with Crippen LogP contribution in [0.15, 0.2) is 48.7 Å². The lowest BCUT2D eigenvalue weighted by Crippen LogP contribution is -2.38. The van der Waals surface area contributed by atoms with Crippen LogP contribution in [0, 0.1) is 11.8 Å². The first-order chi connectivity index (χ1) is 12.1. The van der Waals surface area contributed by atoms with Gasteiger partial charge in [-0.3, -0.25) is 24.3 Å². The number of anilines is 1. The molecule has 1 N–H and O–H groups in total. The molecular weight excluding hydrogens is 318 g/mol. The Balaban J connectivity index is 1.51. The van der Waals surface area contributed by atoms with Gasteiger partial charge in [0.15, 0.2) is 0 Å². The summed E-state index contributed by atoms with van der Waals surface area (Å²) in [5.74, 6) is -1.52. The second-order valence-corrected chi connectivity index (χ2v) is 6.35. The Morgan fingerprint density at radius 3 is 2.48 bits per heavy atom. The number of para-hydroxylation sites is 1. The van der Waals surface area contributed by atoms with Gasteiger partial charge in [0.1, 0.15) is 6.54 Å². The van der Waals surface area contributed by atoms with Gasteiger partial charge in [-0.05, 0) is 25.0 Å². The molecule has 2 atom stereocenters. The van der Waals surface area contributed by atoms with Crippen molar-refractivity contribution in [2.75, 3.05) is 11.9 Å². The number of carbonyl (C=O) groups is 3. The average molecular weight is 335 g/mol. The SMILES string of the molecule is O=C(CN1C(=O)C2CC=CCC2C1=O)Nc1cccc2cccnc12. The number of allylic oxidation sites excluding steroid dienone is 2. The summed E-state index contributed by atoms with van der Waals surface area (Å²) >= 11 is 0. The molecule has 2 aromatic rings. The van der Waals surface area contributed by atoms with E-state index in [0.717, 1.165) is 10.3 Å². The molecule has 2 aliphatic rings. The van der Waals surface area contributed by atoms with E-state index >= 15 is 0 Å². The highest BCUT2D eigenvalue weighted by atomic mass is 16.2. The number of hydrogen-bond donors (Lipinski definition) is 1. The molecule has 0 saturated carbocycles. The van der Waals surface area contributed by atoms with Crippen LogP contribution in [0.5, 0.6) is 0 Å². The topological polar surface area (TPSA) is 79.4 Å². The van der Waals surface area contributed by atoms with Crippen LogP contribution in [-0.2, 0) is 14.4 Å². The highest BCUT2D eigenvalue weighted by Crippen LogP contribution is 2.34. The van der Waals surface area contributed by atoms with Gasteiger partial charge in [-0.1, -0.05) is 30.4 Å². The highest BCUT2D eigenvalue weighted by Gasteiger charge is 2.47. The smallest absolute Gasteiger partial charge is 0.244 e. The van der Waals surface area contributed by atoms with Crippen molar-refractivity contribution in [3.63, 3.8) is 0 Å². The van der Waals surface area contributed by atoms with Gasteiger partial charge >= 0.3 is 0 Å². The van der Waals surface area contributed by atoms with Crippen LogP contribution in [0.4, 0.5) is 5.69 Å². The van der Waals surface area contributed by atoms with Gasteiger partial charge in [0, 0.05) is 11.6 Å². The molecule has 0 bridgehead atoms. The number of carbonyl (C=O) groups excluding carboxylic acids is 3. The third-order valence-electron chi connectivity index (χ3n) is 4.81. The molecule has 1 fully saturated rings. The lowest BCUT2D eigenvalue weighted by Gasteiger charge is -2.15. The van der Waals surface area contributed by atoms with E-state index in [1.54, 1.807) is 12.3 Å². The maximum absolute atomic E-state index is 12.4. The predicted molar refractivity (Wildman–Crippen MR) is 92.4 cm³/mol. The van der Waals surface area contributed by atoms with Crippen molar-refractivity contribution in [1.82, 2.24) is 9.88 Å². The molecule has 6 nitrogen and oxygen atoms in total. The third-order valence-corrected chi connectivity index (χ3v) is 4.81. The fourth-order valence-electron chi connectivity index (χ4n) is 3.56. The Morgan fingerprint density at radius 2 is 1.76 bits per heavy atom. The fourth-order valence-corrected chi connectivity index (χ4v) is 3.56. The van der Waals surface area contributed by atoms with Crippen LogP contribution < -0.4 is 5.32 Å². The second kappa shape index (κ2) is 6.12. The van der Waals surface area contributed by atoms with Crippen molar-refractivity contribution in [3.05, 3.63) is 48.7 Å². The number of amides is 3. The molecule has 1 aromatic heterocycles. The molecule has 6 heteroatoms. The fraction of sp³-hybridized carbons (Fsp3) is 0.263. The number of likely N-dealkylation sites (tertiary alicyclic amines) is 1. The van der Waals surface area contributed by atoms with Gasteiger partial charge in [0.2, 0.25) is 17.7 Å². The van der Waals surface area contributed by atoms with Crippen molar-refractivity contribution >= 4 is 34.3 Å². The highest BCUT2D eigenvalue weighted by molar-refractivity contribution is 6.09. The zero-order valence-corrected chi connectivity index (χ0v) is 13.5. The average Bonchev–Trinajstić information content (AvgIpc) is 2.87. The van der Waals surface area contributed by atoms with Crippen LogP contribution in [0.25, 0.3) is 10.9 Å². The monoisotopic (exact) mass is 335 g/mol. The summed E-state index contributed by atoms with van der Waals surface area (Å²) in [6.45, 7) is -0.256. The minimum atomic E-state index is -0.397. The van der Waals surface area contributed by atoms with E-state index in [9.17, 15) is 14.4 Å². The number of pyridine rings is 1. The van der Waals surface area contributed by atoms with Crippen molar-refractivity contribution in [2.45, 2.75) is 12.8 Å². The van der Waals surface area contributed by atoms with Crippen molar-refractivity contribution in [1.29, 1.82) is 0 Å². The largest absolute Gasteiger partial charge is 0.323 e. The molecule has 1 saturated heterocycles. The minimum Gasteiger partial charge on any atom is -0.323 e. The van der Waals surface area contributed by atoms with Crippen LogP contribution in [0.2, 0.25) is 0 Å². The molecule has 0 radical (unpaired) electrons. The van der Waals surface area contributed by atoms with Gasteiger partial charge < -0.3 is 5.32 Å². The Bertz CT molecular complexity index is 874. The zero-order valence-electron chi connectivity index (χ0n) is 13.5. The molecular formula is C19H17N3O3. The Hall–Kier alpha value is -3.02. The number of hydrogen-bond acceptors (Lipinski definition) is 4. The number of nitrogens with zero attached hydrogens (tertiary/aromatic N) is 2. The summed E-state index contributed by atoms with van der Waals surface area (Å²) in [4.78, 5) is 42.6. The summed E-state index contributed by atoms with van der Waals surface area (Å²) in [5, 5.41) is 3.68. The summed E-state index contributed by atoms with van der Waals surface area (Å²) < 4.78 is 0. The summed E-state index contributed by atoms with van der Waals surface area (Å²) in [6.07, 6.45) is 6.65. The Labute approximate surface area is 144 Å². The van der Waals surface area contributed by atoms with E-state index in [0.29, 0.717) is 24.0 Å². The molecule has 126 valence electrons. The molecule has 3 amide bonds. The molecule has 1 aliphatic heterocycles. The molecule has 4 rings (SSSR count). The molecule has 2 heterocycles. The maximum Gasteiger partial charge on any atom is 0.244 e. The first kappa shape index (κ1) is 15.5. The van der Waals surface area contributed by atoms with Crippen LogP contribution in [0.1, 0.15) is 12.8 Å². The van der Waals surface area contributed by atoms with Gasteiger partial charge in [-0.2, -0.15) is 0 Å². The first-order valence-electron chi connectivity index (χ1n) is 8.29. The lowest BCUT2D eigenvalue weighted by atomic mass is 9.85. The Kier molecular flexibility index (Phi) is 3.80. The zero-order chi connectivity index (χ0) is 17.4. The number of benzene rings is 1. The molecule has 2 unspecified atom stereocenters. The van der Waals surface area contributed by atoms with Gasteiger partial charge in [0.05, 0.1) is 23.0 Å². The standard InChI is InChI=1S/C19H17N3O3/c23-16(21-15-9-3-5-12-6-4-10-20-17(12)15)11-22-18(24)13-7-1-2-8-14(13)19(22)25/h1-6,9-10,13-14H,7-8,11H2,(H,21,23). The molecule has 0 spiro atoms. The van der Waals surface area contributed by atoms with Crippen LogP contribution in [-0.4, -0.2) is 34.2 Å². The molecule has 25 heavy (non-hydrogen) atoms. The van der Waals surface area contributed by atoms with E-state index in [-0.39, 0.29) is 30.2 Å². The molecule has 1 aromatic carbocycles. The second-order valence-electron chi connectivity index (χ2n) is 6.35. The van der Waals surface area contributed by atoms with E-state index < -0.39 is 5.91 Å². The van der Waals surface area contributed by atoms with Gasteiger partial charge in [0.25, 0.3) is 0 Å². The minimum absolute atomic E-state index is 0.245. The third kappa shape index (κ3) is 2.69. The van der Waals surface area contributed by atoms with E-state index in [1.165, 1.54) is 0 Å². The van der Waals surface area contributed by atoms with Crippen LogP contribution >= 0.6 is 0 Å². The van der Waals surface area contributed by atoms with E-state index in [4.69, 9.17) is 0 Å². The molecule has 1 aliphatic carbocycles. The Morgan fingerprint density at radius 1 is 1.08 bits per heavy atom. The van der Waals surface area contributed by atoms with E-state index in [2.05, 4.69) is 10.3 Å². The van der Waals surface area contributed by atoms with E-state index in [1.807, 2.05) is 36.4 Å². The number of fused-ring (bicyclic) bond motifs is 2. The number of nitrogens with one attached hydrogen (secondary N) is 1. The number of rotatable bonds is 3.